The average Bonchev–Trinajstić information content (AvgIpc) is 2.61. The third-order valence-electron chi connectivity index (χ3n) is 3.08. The first kappa shape index (κ1) is 18.7. The van der Waals surface area contributed by atoms with E-state index in [0.29, 0.717) is 29.0 Å². The van der Waals surface area contributed by atoms with Crippen molar-refractivity contribution >= 4 is 29.6 Å². The summed E-state index contributed by atoms with van der Waals surface area (Å²) in [6.45, 7) is 2.53. The molecule has 132 valence electrons. The van der Waals surface area contributed by atoms with Crippen LogP contribution in [0.3, 0.4) is 0 Å². The smallest absolute Gasteiger partial charge is 0.229 e. The zero-order valence-corrected chi connectivity index (χ0v) is 14.6. The quantitative estimate of drug-likeness (QED) is 0.538. The van der Waals surface area contributed by atoms with E-state index in [9.17, 15) is 5.11 Å². The van der Waals surface area contributed by atoms with Crippen molar-refractivity contribution in [3.05, 3.63) is 59.0 Å². The first-order valence-electron chi connectivity index (χ1n) is 7.75. The van der Waals surface area contributed by atoms with E-state index in [2.05, 4.69) is 25.6 Å². The van der Waals surface area contributed by atoms with E-state index in [4.69, 9.17) is 17.3 Å². The molecule has 1 aromatic heterocycles. The number of aliphatic hydroxyl groups is 1. The maximum atomic E-state index is 9.22. The molecule has 1 aromatic carbocycles. The minimum absolute atomic E-state index is 0.282. The van der Waals surface area contributed by atoms with Crippen LogP contribution in [0.4, 0.5) is 11.8 Å². The third kappa shape index (κ3) is 6.40. The molecule has 0 bridgehead atoms. The fraction of sp³-hybridized carbons (Fsp3) is 0.235. The van der Waals surface area contributed by atoms with Gasteiger partial charge in [0.1, 0.15) is 5.02 Å². The predicted molar refractivity (Wildman–Crippen MR) is 102 cm³/mol. The van der Waals surface area contributed by atoms with Gasteiger partial charge in [0, 0.05) is 19.0 Å². The van der Waals surface area contributed by atoms with Gasteiger partial charge in [0.2, 0.25) is 5.95 Å². The van der Waals surface area contributed by atoms with Gasteiger partial charge in [-0.1, -0.05) is 41.9 Å². The van der Waals surface area contributed by atoms with Gasteiger partial charge in [-0.3, -0.25) is 4.99 Å². The summed E-state index contributed by atoms with van der Waals surface area (Å²) in [4.78, 5) is 12.5. The topological polar surface area (TPSA) is 108 Å². The van der Waals surface area contributed by atoms with Crippen molar-refractivity contribution in [1.29, 1.82) is 0 Å². The Balaban J connectivity index is 2.03. The number of anilines is 2. The molecule has 0 fully saturated rings. The highest BCUT2D eigenvalue weighted by Gasteiger charge is 2.06. The number of hydrogen-bond acceptors (Lipinski definition) is 7. The first-order valence-corrected chi connectivity index (χ1v) is 8.13. The zero-order chi connectivity index (χ0) is 18.1. The van der Waals surface area contributed by atoms with E-state index in [-0.39, 0.29) is 6.54 Å². The lowest BCUT2D eigenvalue weighted by Crippen LogP contribution is -2.10. The summed E-state index contributed by atoms with van der Waals surface area (Å²) in [7, 11) is 0. The molecule has 5 N–H and O–H groups in total. The van der Waals surface area contributed by atoms with Gasteiger partial charge in [-0.25, -0.2) is 4.98 Å². The maximum Gasteiger partial charge on any atom is 0.229 e. The summed E-state index contributed by atoms with van der Waals surface area (Å²) in [5.74, 6) is 0.848. The molecule has 25 heavy (non-hydrogen) atoms. The van der Waals surface area contributed by atoms with Crippen LogP contribution in [0, 0.1) is 0 Å². The Labute approximate surface area is 151 Å². The van der Waals surface area contributed by atoms with Crippen LogP contribution in [0.2, 0.25) is 5.02 Å². The van der Waals surface area contributed by atoms with Crippen molar-refractivity contribution in [1.82, 2.24) is 9.97 Å². The monoisotopic (exact) mass is 360 g/mol. The number of aromatic nitrogens is 2. The lowest BCUT2D eigenvalue weighted by atomic mass is 10.2. The molecule has 0 saturated heterocycles. The van der Waals surface area contributed by atoms with Gasteiger partial charge in [-0.05, 0) is 12.5 Å². The van der Waals surface area contributed by atoms with Gasteiger partial charge in [0.25, 0.3) is 0 Å². The molecule has 2 rings (SSSR count). The molecule has 2 aromatic rings. The second kappa shape index (κ2) is 9.61. The number of rotatable bonds is 8. The highest BCUT2D eigenvalue weighted by molar-refractivity contribution is 6.32. The van der Waals surface area contributed by atoms with Crippen LogP contribution in [0.5, 0.6) is 0 Å². The minimum atomic E-state index is -0.518. The van der Waals surface area contributed by atoms with E-state index in [1.165, 1.54) is 18.6 Å². The summed E-state index contributed by atoms with van der Waals surface area (Å²) < 4.78 is 0. The first-order chi connectivity index (χ1) is 12.1. The van der Waals surface area contributed by atoms with Gasteiger partial charge in [0.15, 0.2) is 5.82 Å². The van der Waals surface area contributed by atoms with Crippen LogP contribution in [-0.4, -0.2) is 33.9 Å². The van der Waals surface area contributed by atoms with Crippen LogP contribution >= 0.6 is 11.6 Å². The van der Waals surface area contributed by atoms with Crippen molar-refractivity contribution in [3.63, 3.8) is 0 Å². The molecule has 7 nitrogen and oxygen atoms in total. The molecular weight excluding hydrogens is 340 g/mol. The van der Waals surface area contributed by atoms with Gasteiger partial charge >= 0.3 is 0 Å². The van der Waals surface area contributed by atoms with Gasteiger partial charge in [0.05, 0.1) is 24.5 Å². The number of allylic oxidation sites excluding steroid dienone is 1. The SMILES string of the molecule is CC(O)CN=C/C(=C\N)Nc1ncc(Cl)c(NCc2ccccc2)n1. The summed E-state index contributed by atoms with van der Waals surface area (Å²) >= 11 is 6.14. The molecule has 1 atom stereocenters. The van der Waals surface area contributed by atoms with E-state index in [1.807, 2.05) is 30.3 Å². The predicted octanol–water partition coefficient (Wildman–Crippen LogP) is 2.41. The number of nitrogens with one attached hydrogen (secondary N) is 2. The van der Waals surface area contributed by atoms with Gasteiger partial charge in [-0.2, -0.15) is 4.98 Å². The number of aliphatic hydroxyl groups excluding tert-OH is 1. The zero-order valence-electron chi connectivity index (χ0n) is 13.9. The number of benzene rings is 1. The molecule has 0 aliphatic heterocycles. The minimum Gasteiger partial charge on any atom is -0.403 e. The van der Waals surface area contributed by atoms with E-state index >= 15 is 0 Å². The highest BCUT2D eigenvalue weighted by Crippen LogP contribution is 2.20. The molecule has 0 radical (unpaired) electrons. The number of aliphatic imine (C=N–C) groups is 1. The molecule has 1 heterocycles. The maximum absolute atomic E-state index is 9.22. The van der Waals surface area contributed by atoms with Gasteiger partial charge in [-0.15, -0.1) is 0 Å². The molecule has 1 unspecified atom stereocenters. The Bertz CT molecular complexity index is 733. The second-order valence-corrected chi connectivity index (χ2v) is 5.73. The molecule has 0 saturated carbocycles. The van der Waals surface area contributed by atoms with Crippen molar-refractivity contribution in [2.75, 3.05) is 17.2 Å². The van der Waals surface area contributed by atoms with Crippen LogP contribution in [-0.2, 0) is 6.54 Å². The Morgan fingerprint density at radius 3 is 2.84 bits per heavy atom. The van der Waals surface area contributed by atoms with Crippen molar-refractivity contribution in [3.8, 4) is 0 Å². The lowest BCUT2D eigenvalue weighted by Gasteiger charge is -2.10. The molecule has 0 aliphatic rings. The summed E-state index contributed by atoms with van der Waals surface area (Å²) in [6.07, 6.45) is 3.85. The standard InChI is InChI=1S/C17H21ClN6O/c1-12(25)8-20-10-14(7-19)23-17-22-11-15(18)16(24-17)21-9-13-5-3-2-4-6-13/h2-7,10-12,25H,8-9,19H2,1H3,(H2,21,22,23,24)/b14-7+,20-10?. The Morgan fingerprint density at radius 2 is 2.16 bits per heavy atom. The fourth-order valence-corrected chi connectivity index (χ4v) is 2.04. The van der Waals surface area contributed by atoms with E-state index < -0.39 is 6.10 Å². The molecule has 0 aliphatic carbocycles. The number of nitrogens with two attached hydrogens (primary N) is 1. The Kier molecular flexibility index (Phi) is 7.18. The van der Waals surface area contributed by atoms with Crippen LogP contribution < -0.4 is 16.4 Å². The highest BCUT2D eigenvalue weighted by atomic mass is 35.5. The van der Waals surface area contributed by atoms with Gasteiger partial charge < -0.3 is 21.5 Å². The van der Waals surface area contributed by atoms with E-state index in [0.717, 1.165) is 5.56 Å². The molecular formula is C17H21ClN6O. The summed E-state index contributed by atoms with van der Waals surface area (Å²) in [5.41, 5.74) is 7.19. The molecule has 8 heteroatoms. The number of halogens is 1. The number of hydrogen-bond donors (Lipinski definition) is 4. The lowest BCUT2D eigenvalue weighted by molar-refractivity contribution is 0.204. The largest absolute Gasteiger partial charge is 0.403 e. The average molecular weight is 361 g/mol. The van der Waals surface area contributed by atoms with Crippen molar-refractivity contribution in [2.45, 2.75) is 19.6 Å². The Morgan fingerprint density at radius 1 is 1.40 bits per heavy atom. The van der Waals surface area contributed by atoms with Crippen LogP contribution in [0.25, 0.3) is 0 Å². The molecule has 0 amide bonds. The summed E-state index contributed by atoms with van der Waals surface area (Å²) in [6, 6.07) is 9.92. The number of nitrogens with zero attached hydrogens (tertiary/aromatic N) is 3. The van der Waals surface area contributed by atoms with Crippen molar-refractivity contribution in [2.24, 2.45) is 10.7 Å². The summed E-state index contributed by atoms with van der Waals surface area (Å²) in [5, 5.41) is 15.8. The third-order valence-corrected chi connectivity index (χ3v) is 3.36. The van der Waals surface area contributed by atoms with Crippen LogP contribution in [0.1, 0.15) is 12.5 Å². The van der Waals surface area contributed by atoms with E-state index in [1.54, 1.807) is 6.92 Å². The normalized spacial score (nSPS) is 13.0. The second-order valence-electron chi connectivity index (χ2n) is 5.32. The fourth-order valence-electron chi connectivity index (χ4n) is 1.88. The van der Waals surface area contributed by atoms with Crippen molar-refractivity contribution < 1.29 is 5.11 Å². The Hall–Kier alpha value is -2.64. The molecule has 0 spiro atoms. The van der Waals surface area contributed by atoms with Crippen LogP contribution in [0.15, 0.2) is 53.4 Å².